The number of esters is 1. The van der Waals surface area contributed by atoms with E-state index in [4.69, 9.17) is 24.3 Å². The molecule has 0 saturated carbocycles. The number of phosphoric ester groups is 1. The number of rotatable bonds is 38. The maximum absolute atomic E-state index is 12.5. The van der Waals surface area contributed by atoms with E-state index < -0.39 is 13.9 Å². The van der Waals surface area contributed by atoms with Crippen LogP contribution in [0, 0.1) is 0 Å². The maximum Gasteiger partial charge on any atom is 0.472 e. The molecule has 3 N–H and O–H groups in total. The maximum atomic E-state index is 12.5. The SMILES string of the molecule is CCCCCCCCCCCCCCCCOCC(COP(=O)(O)OCCN)OC(=O)CCCCCCCCCCCCCCC. The molecule has 0 fully saturated rings. The Hall–Kier alpha value is -0.500. The zero-order valence-corrected chi connectivity index (χ0v) is 31.2. The smallest absolute Gasteiger partial charge is 0.457 e. The van der Waals surface area contributed by atoms with Gasteiger partial charge in [0.1, 0.15) is 6.10 Å². The molecule has 0 aromatic heterocycles. The minimum absolute atomic E-state index is 0.0904. The third-order valence-electron chi connectivity index (χ3n) is 8.52. The first-order valence-electron chi connectivity index (χ1n) is 19.5. The molecule has 0 aliphatic heterocycles. The van der Waals surface area contributed by atoms with Crippen LogP contribution in [0.2, 0.25) is 0 Å². The molecule has 0 aromatic carbocycles. The van der Waals surface area contributed by atoms with Crippen molar-refractivity contribution in [3.63, 3.8) is 0 Å². The van der Waals surface area contributed by atoms with Crippen LogP contribution in [0.3, 0.4) is 0 Å². The first-order chi connectivity index (χ1) is 22.4. The highest BCUT2D eigenvalue weighted by Crippen LogP contribution is 2.43. The summed E-state index contributed by atoms with van der Waals surface area (Å²) < 4.78 is 33.3. The van der Waals surface area contributed by atoms with Crippen LogP contribution in [0.5, 0.6) is 0 Å². The van der Waals surface area contributed by atoms with E-state index in [1.807, 2.05) is 0 Å². The van der Waals surface area contributed by atoms with E-state index in [0.29, 0.717) is 13.0 Å². The van der Waals surface area contributed by atoms with E-state index >= 15 is 0 Å². The first kappa shape index (κ1) is 45.5. The second kappa shape index (κ2) is 35.8. The summed E-state index contributed by atoms with van der Waals surface area (Å²) in [6.07, 6.45) is 33.9. The van der Waals surface area contributed by atoms with Gasteiger partial charge >= 0.3 is 13.8 Å². The van der Waals surface area contributed by atoms with Crippen molar-refractivity contribution in [2.24, 2.45) is 5.73 Å². The Bertz CT molecular complexity index is 682. The Balaban J connectivity index is 4.04. The lowest BCUT2D eigenvalue weighted by Crippen LogP contribution is -2.28. The van der Waals surface area contributed by atoms with Gasteiger partial charge < -0.3 is 20.1 Å². The van der Waals surface area contributed by atoms with Crippen molar-refractivity contribution in [1.82, 2.24) is 0 Å². The first-order valence-corrected chi connectivity index (χ1v) is 21.0. The van der Waals surface area contributed by atoms with Gasteiger partial charge in [-0.2, -0.15) is 0 Å². The standard InChI is InChI=1S/C37H76NO7P/c1-3-5-7-9-11-13-15-17-19-21-23-25-27-29-32-42-34-36(35-44-46(40,41)43-33-31-38)45-37(39)30-28-26-24-22-20-18-16-14-12-10-8-6-4-2/h36H,3-35,38H2,1-2H3,(H,40,41). The van der Waals surface area contributed by atoms with Gasteiger partial charge in [0.05, 0.1) is 19.8 Å². The van der Waals surface area contributed by atoms with E-state index in [1.165, 1.54) is 141 Å². The number of hydrogen-bond acceptors (Lipinski definition) is 7. The number of nitrogens with two attached hydrogens (primary N) is 1. The molecule has 0 radical (unpaired) electrons. The summed E-state index contributed by atoms with van der Waals surface area (Å²) in [7, 11) is -4.26. The van der Waals surface area contributed by atoms with E-state index in [1.54, 1.807) is 0 Å². The summed E-state index contributed by atoms with van der Waals surface area (Å²) in [6.45, 7) is 4.96. The van der Waals surface area contributed by atoms with Crippen LogP contribution in [0.25, 0.3) is 0 Å². The summed E-state index contributed by atoms with van der Waals surface area (Å²) in [5.74, 6) is -0.326. The minimum Gasteiger partial charge on any atom is -0.457 e. The third kappa shape index (κ3) is 34.8. The Labute approximate surface area is 284 Å². The zero-order valence-electron chi connectivity index (χ0n) is 30.3. The molecule has 276 valence electrons. The molecule has 0 aromatic rings. The van der Waals surface area contributed by atoms with E-state index in [9.17, 15) is 14.3 Å². The summed E-state index contributed by atoms with van der Waals surface area (Å²) in [6, 6.07) is 0. The highest BCUT2D eigenvalue weighted by atomic mass is 31.2. The van der Waals surface area contributed by atoms with Crippen molar-refractivity contribution in [3.05, 3.63) is 0 Å². The second-order valence-electron chi connectivity index (χ2n) is 13.2. The monoisotopic (exact) mass is 678 g/mol. The average Bonchev–Trinajstić information content (AvgIpc) is 3.04. The van der Waals surface area contributed by atoms with E-state index in [0.717, 1.165) is 32.1 Å². The average molecular weight is 678 g/mol. The lowest BCUT2D eigenvalue weighted by atomic mass is 10.0. The lowest BCUT2D eigenvalue weighted by molar-refractivity contribution is -0.154. The predicted octanol–water partition coefficient (Wildman–Crippen LogP) is 11.0. The van der Waals surface area contributed by atoms with Crippen LogP contribution in [-0.2, 0) is 27.9 Å². The van der Waals surface area contributed by atoms with Crippen molar-refractivity contribution >= 4 is 13.8 Å². The highest BCUT2D eigenvalue weighted by molar-refractivity contribution is 7.47. The highest BCUT2D eigenvalue weighted by Gasteiger charge is 2.25. The van der Waals surface area contributed by atoms with Crippen molar-refractivity contribution in [2.75, 3.05) is 33.0 Å². The predicted molar refractivity (Wildman–Crippen MR) is 192 cm³/mol. The van der Waals surface area contributed by atoms with Crippen LogP contribution in [0.4, 0.5) is 0 Å². The van der Waals surface area contributed by atoms with Crippen LogP contribution in [0.1, 0.15) is 194 Å². The summed E-state index contributed by atoms with van der Waals surface area (Å²) in [4.78, 5) is 22.4. The summed E-state index contributed by atoms with van der Waals surface area (Å²) in [5.41, 5.74) is 5.35. The molecule has 2 unspecified atom stereocenters. The van der Waals surface area contributed by atoms with E-state index in [2.05, 4.69) is 13.8 Å². The molecule has 0 heterocycles. The fraction of sp³-hybridized carbons (Fsp3) is 0.973. The van der Waals surface area contributed by atoms with Gasteiger partial charge in [-0.15, -0.1) is 0 Å². The van der Waals surface area contributed by atoms with Gasteiger partial charge in [-0.25, -0.2) is 4.57 Å². The van der Waals surface area contributed by atoms with Crippen molar-refractivity contribution < 1.29 is 32.8 Å². The van der Waals surface area contributed by atoms with Gasteiger partial charge in [-0.1, -0.05) is 174 Å². The van der Waals surface area contributed by atoms with Gasteiger partial charge in [0.25, 0.3) is 0 Å². The summed E-state index contributed by atoms with van der Waals surface area (Å²) in [5, 5.41) is 0. The molecule has 0 amide bonds. The quantitative estimate of drug-likeness (QED) is 0.0377. The molecule has 0 spiro atoms. The van der Waals surface area contributed by atoms with Crippen LogP contribution in [0.15, 0.2) is 0 Å². The Morgan fingerprint density at radius 2 is 0.957 bits per heavy atom. The number of carbonyl (C=O) groups excluding carboxylic acids is 1. The molecule has 0 saturated heterocycles. The second-order valence-corrected chi connectivity index (χ2v) is 14.6. The molecule has 46 heavy (non-hydrogen) atoms. The van der Waals surface area contributed by atoms with Crippen molar-refractivity contribution in [3.8, 4) is 0 Å². The third-order valence-corrected chi connectivity index (χ3v) is 9.51. The number of hydrogen-bond donors (Lipinski definition) is 2. The fourth-order valence-corrected chi connectivity index (χ4v) is 6.41. The Morgan fingerprint density at radius 3 is 1.37 bits per heavy atom. The number of phosphoric acid groups is 1. The molecule has 0 aliphatic carbocycles. The van der Waals surface area contributed by atoms with Crippen LogP contribution < -0.4 is 5.73 Å². The normalized spacial score (nSPS) is 13.6. The topological polar surface area (TPSA) is 117 Å². The largest absolute Gasteiger partial charge is 0.472 e. The number of unbranched alkanes of at least 4 members (excludes halogenated alkanes) is 25. The van der Waals surface area contributed by atoms with Gasteiger partial charge in [0.2, 0.25) is 0 Å². The van der Waals surface area contributed by atoms with Gasteiger partial charge in [-0.3, -0.25) is 13.8 Å². The molecule has 0 rings (SSSR count). The van der Waals surface area contributed by atoms with Crippen LogP contribution in [-0.4, -0.2) is 49.9 Å². The van der Waals surface area contributed by atoms with E-state index in [-0.39, 0.29) is 32.3 Å². The molecular weight excluding hydrogens is 601 g/mol. The molecular formula is C37H76NO7P. The molecule has 8 nitrogen and oxygen atoms in total. The zero-order chi connectivity index (χ0) is 33.8. The van der Waals surface area contributed by atoms with Gasteiger partial charge in [0.15, 0.2) is 0 Å². The minimum atomic E-state index is -4.26. The number of ether oxygens (including phenoxy) is 2. The van der Waals surface area contributed by atoms with Gasteiger partial charge in [0, 0.05) is 19.6 Å². The molecule has 0 aliphatic rings. The molecule has 2 atom stereocenters. The number of carbonyl (C=O) groups is 1. The van der Waals surface area contributed by atoms with Crippen molar-refractivity contribution in [2.45, 2.75) is 200 Å². The van der Waals surface area contributed by atoms with Crippen molar-refractivity contribution in [1.29, 1.82) is 0 Å². The molecule has 9 heteroatoms. The fourth-order valence-electron chi connectivity index (χ4n) is 5.64. The Kier molecular flexibility index (Phi) is 35.4. The van der Waals surface area contributed by atoms with Gasteiger partial charge in [-0.05, 0) is 12.8 Å². The Morgan fingerprint density at radius 1 is 0.565 bits per heavy atom. The van der Waals surface area contributed by atoms with Crippen LogP contribution >= 0.6 is 7.82 Å². The molecule has 0 bridgehead atoms. The summed E-state index contributed by atoms with van der Waals surface area (Å²) >= 11 is 0. The lowest BCUT2D eigenvalue weighted by Gasteiger charge is -2.20.